The van der Waals surface area contributed by atoms with Gasteiger partial charge in [0.25, 0.3) is 0 Å². The Kier molecular flexibility index (Phi) is 4.77. The van der Waals surface area contributed by atoms with Gasteiger partial charge < -0.3 is 9.84 Å². The lowest BCUT2D eigenvalue weighted by Crippen LogP contribution is -2.02. The largest absolute Gasteiger partial charge is 0.478 e. The van der Waals surface area contributed by atoms with Gasteiger partial charge in [-0.1, -0.05) is 18.7 Å². The van der Waals surface area contributed by atoms with Crippen molar-refractivity contribution < 1.29 is 19.4 Å². The smallest absolute Gasteiger partial charge is 0.337 e. The van der Waals surface area contributed by atoms with Crippen molar-refractivity contribution in [1.82, 2.24) is 0 Å². The molecule has 0 heterocycles. The Morgan fingerprint density at radius 3 is 2.36 bits per heavy atom. The number of aromatic carboxylic acids is 1. The van der Waals surface area contributed by atoms with E-state index in [4.69, 9.17) is 9.84 Å². The number of azo groups is 1. The third kappa shape index (κ3) is 3.86. The second-order valence-corrected chi connectivity index (χ2v) is 4.14. The van der Waals surface area contributed by atoms with Gasteiger partial charge in [-0.3, -0.25) is 0 Å². The highest BCUT2D eigenvalue weighted by atomic mass is 16.5. The van der Waals surface area contributed by atoms with Crippen LogP contribution in [-0.2, 0) is 4.79 Å². The number of carbonyl (C=O) groups excluding carboxylic acids is 1. The van der Waals surface area contributed by atoms with Gasteiger partial charge in [0.1, 0.15) is 11.4 Å². The number of carboxylic acid groups (broad SMARTS) is 1. The lowest BCUT2D eigenvalue weighted by molar-refractivity contribution is -0.128. The Balaban J connectivity index is 2.16. The van der Waals surface area contributed by atoms with E-state index in [1.807, 2.05) is 0 Å². The summed E-state index contributed by atoms with van der Waals surface area (Å²) in [7, 11) is 0. The molecule has 0 saturated heterocycles. The van der Waals surface area contributed by atoms with Crippen LogP contribution < -0.4 is 4.74 Å². The molecule has 1 N–H and O–H groups in total. The second-order valence-electron chi connectivity index (χ2n) is 4.14. The van der Waals surface area contributed by atoms with E-state index in [0.717, 1.165) is 6.08 Å². The zero-order chi connectivity index (χ0) is 15.9. The quantitative estimate of drug-likeness (QED) is 0.392. The van der Waals surface area contributed by atoms with Crippen molar-refractivity contribution in [2.45, 2.75) is 0 Å². The van der Waals surface area contributed by atoms with E-state index in [9.17, 15) is 9.59 Å². The summed E-state index contributed by atoms with van der Waals surface area (Å²) in [5.41, 5.74) is 0.832. The van der Waals surface area contributed by atoms with Crippen LogP contribution in [0.1, 0.15) is 10.4 Å². The van der Waals surface area contributed by atoms with Gasteiger partial charge in [0.15, 0.2) is 0 Å². The molecule has 110 valence electrons. The Morgan fingerprint density at radius 1 is 1.05 bits per heavy atom. The molecule has 0 aliphatic heterocycles. The van der Waals surface area contributed by atoms with Crippen LogP contribution in [0.2, 0.25) is 0 Å². The van der Waals surface area contributed by atoms with Crippen LogP contribution in [0.25, 0.3) is 0 Å². The minimum atomic E-state index is -1.07. The van der Waals surface area contributed by atoms with Crippen LogP contribution in [0.3, 0.4) is 0 Å². The SMILES string of the molecule is C=CC(=O)Oc1ccc(N=Nc2ccccc2C(=O)O)cc1. The summed E-state index contributed by atoms with van der Waals surface area (Å²) in [5, 5.41) is 16.9. The number of carbonyl (C=O) groups is 2. The molecule has 6 nitrogen and oxygen atoms in total. The van der Waals surface area contributed by atoms with Crippen LogP contribution in [0.5, 0.6) is 5.75 Å². The van der Waals surface area contributed by atoms with E-state index in [-0.39, 0.29) is 11.3 Å². The molecule has 22 heavy (non-hydrogen) atoms. The first-order chi connectivity index (χ1) is 10.6. The minimum absolute atomic E-state index is 0.0720. The van der Waals surface area contributed by atoms with Gasteiger partial charge in [-0.2, -0.15) is 5.11 Å². The molecule has 0 amide bonds. The summed E-state index contributed by atoms with van der Waals surface area (Å²) in [5.74, 6) is -1.26. The molecule has 0 aliphatic carbocycles. The summed E-state index contributed by atoms with van der Waals surface area (Å²) >= 11 is 0. The zero-order valence-corrected chi connectivity index (χ0v) is 11.5. The summed E-state index contributed by atoms with van der Waals surface area (Å²) in [6.07, 6.45) is 1.07. The lowest BCUT2D eigenvalue weighted by Gasteiger charge is -2.01. The third-order valence-corrected chi connectivity index (χ3v) is 2.63. The van der Waals surface area contributed by atoms with Crippen LogP contribution in [-0.4, -0.2) is 17.0 Å². The maximum absolute atomic E-state index is 11.1. The average Bonchev–Trinajstić information content (AvgIpc) is 2.54. The van der Waals surface area contributed by atoms with Gasteiger partial charge in [-0.25, -0.2) is 9.59 Å². The predicted molar refractivity (Wildman–Crippen MR) is 79.9 cm³/mol. The van der Waals surface area contributed by atoms with Gasteiger partial charge >= 0.3 is 11.9 Å². The number of nitrogens with zero attached hydrogens (tertiary/aromatic N) is 2. The van der Waals surface area contributed by atoms with Crippen molar-refractivity contribution in [2.75, 3.05) is 0 Å². The molecule has 0 bridgehead atoms. The van der Waals surface area contributed by atoms with Crippen LogP contribution in [0.15, 0.2) is 71.4 Å². The maximum atomic E-state index is 11.1. The van der Waals surface area contributed by atoms with Gasteiger partial charge in [0.2, 0.25) is 0 Å². The van der Waals surface area contributed by atoms with E-state index in [2.05, 4.69) is 16.8 Å². The number of rotatable bonds is 5. The Hall–Kier alpha value is -3.28. The number of hydrogen-bond donors (Lipinski definition) is 1. The van der Waals surface area contributed by atoms with Crippen LogP contribution in [0.4, 0.5) is 11.4 Å². The zero-order valence-electron chi connectivity index (χ0n) is 11.5. The molecular weight excluding hydrogens is 284 g/mol. The molecule has 0 saturated carbocycles. The third-order valence-electron chi connectivity index (χ3n) is 2.63. The highest BCUT2D eigenvalue weighted by Gasteiger charge is 2.08. The highest BCUT2D eigenvalue weighted by Crippen LogP contribution is 2.23. The summed E-state index contributed by atoms with van der Waals surface area (Å²) < 4.78 is 4.92. The average molecular weight is 296 g/mol. The fourth-order valence-electron chi connectivity index (χ4n) is 1.59. The summed E-state index contributed by atoms with van der Waals surface area (Å²) in [6, 6.07) is 12.6. The highest BCUT2D eigenvalue weighted by molar-refractivity contribution is 5.93. The predicted octanol–water partition coefficient (Wildman–Crippen LogP) is 3.89. The van der Waals surface area contributed by atoms with Crippen molar-refractivity contribution >= 4 is 23.3 Å². The van der Waals surface area contributed by atoms with Crippen LogP contribution in [0, 0.1) is 0 Å². The fraction of sp³-hybridized carbons (Fsp3) is 0. The lowest BCUT2D eigenvalue weighted by atomic mass is 10.2. The number of ether oxygens (including phenoxy) is 1. The first kappa shape index (κ1) is 15.1. The molecule has 2 aromatic rings. The molecule has 0 fully saturated rings. The van der Waals surface area contributed by atoms with E-state index < -0.39 is 11.9 Å². The van der Waals surface area contributed by atoms with Gasteiger partial charge in [-0.15, -0.1) is 5.11 Å². The summed E-state index contributed by atoms with van der Waals surface area (Å²) in [6.45, 7) is 3.30. The molecule has 0 radical (unpaired) electrons. The molecule has 0 aliphatic rings. The Labute approximate surface area is 126 Å². The molecule has 2 aromatic carbocycles. The standard InChI is InChI=1S/C16H12N2O4/c1-2-15(19)22-12-9-7-11(8-10-12)17-18-14-6-4-3-5-13(14)16(20)21/h2-10H,1H2,(H,20,21). The first-order valence-corrected chi connectivity index (χ1v) is 6.28. The van der Waals surface area contributed by atoms with E-state index in [0.29, 0.717) is 11.4 Å². The first-order valence-electron chi connectivity index (χ1n) is 6.28. The van der Waals surface area contributed by atoms with Crippen molar-refractivity contribution in [3.8, 4) is 5.75 Å². The van der Waals surface area contributed by atoms with Crippen molar-refractivity contribution in [3.63, 3.8) is 0 Å². The van der Waals surface area contributed by atoms with E-state index in [1.165, 1.54) is 6.07 Å². The normalized spacial score (nSPS) is 10.4. The molecular formula is C16H12N2O4. The topological polar surface area (TPSA) is 88.3 Å². The summed E-state index contributed by atoms with van der Waals surface area (Å²) in [4.78, 5) is 22.1. The minimum Gasteiger partial charge on any atom is -0.478 e. The van der Waals surface area contributed by atoms with E-state index >= 15 is 0 Å². The molecule has 2 rings (SSSR count). The van der Waals surface area contributed by atoms with Crippen molar-refractivity contribution in [2.24, 2.45) is 10.2 Å². The van der Waals surface area contributed by atoms with Crippen LogP contribution >= 0.6 is 0 Å². The van der Waals surface area contributed by atoms with E-state index in [1.54, 1.807) is 42.5 Å². The van der Waals surface area contributed by atoms with Crippen molar-refractivity contribution in [3.05, 3.63) is 66.7 Å². The number of benzene rings is 2. The second kappa shape index (κ2) is 6.94. The molecule has 0 unspecified atom stereocenters. The van der Waals surface area contributed by atoms with Gasteiger partial charge in [-0.05, 0) is 36.4 Å². The molecule has 0 spiro atoms. The Bertz CT molecular complexity index is 736. The monoisotopic (exact) mass is 296 g/mol. The molecule has 0 aromatic heterocycles. The maximum Gasteiger partial charge on any atom is 0.337 e. The van der Waals surface area contributed by atoms with Crippen molar-refractivity contribution in [1.29, 1.82) is 0 Å². The molecule has 6 heteroatoms. The Morgan fingerprint density at radius 2 is 1.73 bits per heavy atom. The fourth-order valence-corrected chi connectivity index (χ4v) is 1.59. The number of esters is 1. The molecule has 0 atom stereocenters. The number of hydrogen-bond acceptors (Lipinski definition) is 5. The van der Waals surface area contributed by atoms with Gasteiger partial charge in [0.05, 0.1) is 11.3 Å². The van der Waals surface area contributed by atoms with Gasteiger partial charge in [0, 0.05) is 6.08 Å². The number of carboxylic acids is 1.